The van der Waals surface area contributed by atoms with Gasteiger partial charge in [-0.3, -0.25) is 9.36 Å². The molecule has 0 aromatic carbocycles. The van der Waals surface area contributed by atoms with Crippen LogP contribution >= 0.6 is 22.6 Å². The van der Waals surface area contributed by atoms with Crippen molar-refractivity contribution < 1.29 is 0 Å². The summed E-state index contributed by atoms with van der Waals surface area (Å²) in [5, 5.41) is 8.90. The molecule has 0 bridgehead atoms. The van der Waals surface area contributed by atoms with Gasteiger partial charge in [-0.2, -0.15) is 10.2 Å². The maximum atomic E-state index is 4.52. The number of hydrogen-bond acceptors (Lipinski definition) is 2. The first kappa shape index (κ1) is 11.6. The molecule has 0 saturated heterocycles. The Kier molecular flexibility index (Phi) is 3.63. The van der Waals surface area contributed by atoms with Gasteiger partial charge in [0.1, 0.15) is 3.70 Å². The minimum Gasteiger partial charge on any atom is -0.268 e. The highest BCUT2D eigenvalue weighted by Gasteiger charge is 2.06. The smallest absolute Gasteiger partial charge is 0.123 e. The highest BCUT2D eigenvalue weighted by atomic mass is 127. The summed E-state index contributed by atoms with van der Waals surface area (Å²) in [6, 6.07) is 4.17. The number of rotatable bonds is 4. The second-order valence-corrected chi connectivity index (χ2v) is 4.74. The number of aromatic nitrogens is 4. The van der Waals surface area contributed by atoms with E-state index < -0.39 is 0 Å². The number of nitrogens with zero attached hydrogens (tertiary/aromatic N) is 4. The summed E-state index contributed by atoms with van der Waals surface area (Å²) in [5.41, 5.74) is 2.37. The lowest BCUT2D eigenvalue weighted by Gasteiger charge is -2.04. The Labute approximate surface area is 109 Å². The Balaban J connectivity index is 2.22. The molecule has 0 aliphatic rings. The van der Waals surface area contributed by atoms with Crippen LogP contribution in [0.25, 0.3) is 0 Å². The van der Waals surface area contributed by atoms with Crippen LogP contribution < -0.4 is 0 Å². The maximum Gasteiger partial charge on any atom is 0.123 e. The lowest BCUT2D eigenvalue weighted by molar-refractivity contribution is 0.572. The third-order valence-electron chi connectivity index (χ3n) is 2.51. The summed E-state index contributed by atoms with van der Waals surface area (Å²) in [7, 11) is 0. The first-order valence-corrected chi connectivity index (χ1v) is 6.55. The predicted octanol–water partition coefficient (Wildman–Crippen LogP) is 2.31. The molecular weight excluding hydrogens is 315 g/mol. The molecule has 0 N–H and O–H groups in total. The molecular formula is C11H15IN4. The lowest BCUT2D eigenvalue weighted by Crippen LogP contribution is -2.08. The summed E-state index contributed by atoms with van der Waals surface area (Å²) in [4.78, 5) is 0. The Morgan fingerprint density at radius 1 is 1.31 bits per heavy atom. The molecule has 86 valence electrons. The summed E-state index contributed by atoms with van der Waals surface area (Å²) in [6.07, 6.45) is 2.98. The van der Waals surface area contributed by atoms with E-state index >= 15 is 0 Å². The minimum atomic E-state index is 0.795. The Hall–Kier alpha value is -0.850. The molecule has 0 atom stereocenters. The van der Waals surface area contributed by atoms with Crippen LogP contribution in [0, 0.1) is 3.70 Å². The van der Waals surface area contributed by atoms with Crippen molar-refractivity contribution in [2.75, 3.05) is 0 Å². The van der Waals surface area contributed by atoms with Crippen LogP contribution in [-0.2, 0) is 19.5 Å². The molecule has 2 aromatic heterocycles. The molecule has 0 amide bonds. The average molecular weight is 330 g/mol. The summed E-state index contributed by atoms with van der Waals surface area (Å²) in [5.74, 6) is 0. The summed E-state index contributed by atoms with van der Waals surface area (Å²) >= 11 is 2.22. The molecule has 0 saturated carbocycles. The summed E-state index contributed by atoms with van der Waals surface area (Å²) in [6.45, 7) is 5.95. The maximum absolute atomic E-state index is 4.52. The second-order valence-electron chi connectivity index (χ2n) is 3.63. The Bertz CT molecular complexity index is 472. The van der Waals surface area contributed by atoms with Crippen molar-refractivity contribution in [3.63, 3.8) is 0 Å². The van der Waals surface area contributed by atoms with Crippen molar-refractivity contribution in [3.8, 4) is 0 Å². The first-order chi connectivity index (χ1) is 7.72. The van der Waals surface area contributed by atoms with Gasteiger partial charge in [-0.25, -0.2) is 0 Å². The van der Waals surface area contributed by atoms with Crippen molar-refractivity contribution in [2.24, 2.45) is 0 Å². The van der Waals surface area contributed by atoms with E-state index in [1.54, 1.807) is 0 Å². The zero-order valence-electron chi connectivity index (χ0n) is 9.52. The predicted molar refractivity (Wildman–Crippen MR) is 71.3 cm³/mol. The molecule has 0 aliphatic carbocycles. The monoisotopic (exact) mass is 330 g/mol. The Morgan fingerprint density at radius 3 is 2.69 bits per heavy atom. The van der Waals surface area contributed by atoms with Crippen LogP contribution in [0.4, 0.5) is 0 Å². The molecule has 2 heterocycles. The van der Waals surface area contributed by atoms with E-state index in [1.807, 2.05) is 21.6 Å². The van der Waals surface area contributed by atoms with Crippen LogP contribution in [0.5, 0.6) is 0 Å². The third-order valence-corrected chi connectivity index (χ3v) is 3.08. The van der Waals surface area contributed by atoms with Gasteiger partial charge < -0.3 is 0 Å². The fourth-order valence-electron chi connectivity index (χ4n) is 1.68. The van der Waals surface area contributed by atoms with E-state index in [4.69, 9.17) is 0 Å². The number of hydrogen-bond donors (Lipinski definition) is 0. The van der Waals surface area contributed by atoms with Gasteiger partial charge in [-0.15, -0.1) is 0 Å². The fourth-order valence-corrected chi connectivity index (χ4v) is 2.12. The van der Waals surface area contributed by atoms with E-state index in [9.17, 15) is 0 Å². The quantitative estimate of drug-likeness (QED) is 0.807. The zero-order chi connectivity index (χ0) is 11.5. The van der Waals surface area contributed by atoms with Crippen molar-refractivity contribution in [2.45, 2.75) is 33.4 Å². The van der Waals surface area contributed by atoms with Gasteiger partial charge in [0.05, 0.1) is 17.9 Å². The van der Waals surface area contributed by atoms with E-state index in [2.05, 4.69) is 52.7 Å². The van der Waals surface area contributed by atoms with Gasteiger partial charge in [0.15, 0.2) is 0 Å². The molecule has 0 radical (unpaired) electrons. The van der Waals surface area contributed by atoms with Crippen LogP contribution in [0.2, 0.25) is 0 Å². The minimum absolute atomic E-state index is 0.795. The van der Waals surface area contributed by atoms with Gasteiger partial charge in [0.2, 0.25) is 0 Å². The molecule has 5 heteroatoms. The molecule has 4 nitrogen and oxygen atoms in total. The van der Waals surface area contributed by atoms with Gasteiger partial charge in [0.25, 0.3) is 0 Å². The zero-order valence-corrected chi connectivity index (χ0v) is 11.7. The first-order valence-electron chi connectivity index (χ1n) is 5.47. The van der Waals surface area contributed by atoms with E-state index in [0.29, 0.717) is 0 Å². The normalized spacial score (nSPS) is 10.9. The summed E-state index contributed by atoms with van der Waals surface area (Å²) < 4.78 is 5.02. The van der Waals surface area contributed by atoms with Crippen molar-refractivity contribution >= 4 is 22.6 Å². The largest absolute Gasteiger partial charge is 0.268 e. The number of halogens is 1. The number of aryl methyl sites for hydroxylation is 2. The average Bonchev–Trinajstić information content (AvgIpc) is 2.85. The molecule has 0 fully saturated rings. The SMILES string of the molecule is CCc1cc(Cn2ccc(I)n2)n(CC)n1. The molecule has 0 spiro atoms. The van der Waals surface area contributed by atoms with Crippen LogP contribution in [-0.4, -0.2) is 19.6 Å². The fraction of sp³-hybridized carbons (Fsp3) is 0.455. The molecule has 2 rings (SSSR count). The Morgan fingerprint density at radius 2 is 2.12 bits per heavy atom. The van der Waals surface area contributed by atoms with Crippen molar-refractivity contribution in [1.82, 2.24) is 19.6 Å². The molecule has 0 aliphatic heterocycles. The van der Waals surface area contributed by atoms with Gasteiger partial charge >= 0.3 is 0 Å². The van der Waals surface area contributed by atoms with Gasteiger partial charge in [-0.05, 0) is 48.1 Å². The third kappa shape index (κ3) is 2.45. The highest BCUT2D eigenvalue weighted by Crippen LogP contribution is 2.08. The van der Waals surface area contributed by atoms with Gasteiger partial charge in [0, 0.05) is 12.7 Å². The van der Waals surface area contributed by atoms with Crippen molar-refractivity contribution in [1.29, 1.82) is 0 Å². The van der Waals surface area contributed by atoms with E-state index in [0.717, 1.165) is 28.9 Å². The van der Waals surface area contributed by atoms with Crippen LogP contribution in [0.15, 0.2) is 18.3 Å². The van der Waals surface area contributed by atoms with Gasteiger partial charge in [-0.1, -0.05) is 6.92 Å². The van der Waals surface area contributed by atoms with E-state index in [-0.39, 0.29) is 0 Å². The second kappa shape index (κ2) is 4.99. The lowest BCUT2D eigenvalue weighted by atomic mass is 10.3. The van der Waals surface area contributed by atoms with Crippen LogP contribution in [0.3, 0.4) is 0 Å². The highest BCUT2D eigenvalue weighted by molar-refractivity contribution is 14.1. The topological polar surface area (TPSA) is 35.6 Å². The van der Waals surface area contributed by atoms with E-state index in [1.165, 1.54) is 5.69 Å². The van der Waals surface area contributed by atoms with Crippen LogP contribution in [0.1, 0.15) is 25.2 Å². The molecule has 2 aromatic rings. The van der Waals surface area contributed by atoms with Crippen molar-refractivity contribution in [3.05, 3.63) is 33.4 Å². The standard InChI is InChI=1S/C11H15IN4/c1-3-9-7-10(16(4-2)13-9)8-15-6-5-11(12)14-15/h5-7H,3-4,8H2,1-2H3. The molecule has 16 heavy (non-hydrogen) atoms. The molecule has 0 unspecified atom stereocenters.